The van der Waals surface area contributed by atoms with E-state index in [1.165, 1.54) is 0 Å². The highest BCUT2D eigenvalue weighted by Crippen LogP contribution is 2.42. The molecular weight excluding hydrogens is 358 g/mol. The molecule has 4 rings (SSSR count). The Bertz CT molecular complexity index is 828. The number of rotatable bonds is 6. The second kappa shape index (κ2) is 8.48. The van der Waals surface area contributed by atoms with Crippen LogP contribution in [0.2, 0.25) is 0 Å². The summed E-state index contributed by atoms with van der Waals surface area (Å²) in [7, 11) is 1.64. The molecule has 2 aliphatic rings. The standard InChI is InChI=1S/C21H25N3O4/c1-26-18-8-16(9-19-20(18)28-14-27-19)13-24-7-3-4-15(12-24)10-23-21(25)17-5-2-6-22-11-17/h2,5-6,8-9,11,15H,3-4,7,10,12-14H2,1H3,(H,23,25)/t15-/m1/s1. The number of nitrogens with one attached hydrogen (secondary N) is 1. The molecule has 0 unspecified atom stereocenters. The Morgan fingerprint density at radius 1 is 1.39 bits per heavy atom. The molecule has 1 amide bonds. The third-order valence-corrected chi connectivity index (χ3v) is 5.20. The molecule has 1 atom stereocenters. The number of pyridine rings is 1. The van der Waals surface area contributed by atoms with Crippen molar-refractivity contribution in [2.24, 2.45) is 5.92 Å². The molecule has 7 nitrogen and oxygen atoms in total. The molecule has 1 saturated heterocycles. The molecular formula is C21H25N3O4. The third-order valence-electron chi connectivity index (χ3n) is 5.20. The number of aromatic nitrogens is 1. The van der Waals surface area contributed by atoms with E-state index >= 15 is 0 Å². The summed E-state index contributed by atoms with van der Waals surface area (Å²) >= 11 is 0. The number of carbonyl (C=O) groups excluding carboxylic acids is 1. The molecule has 2 aliphatic heterocycles. The van der Waals surface area contributed by atoms with Crippen LogP contribution in [0.5, 0.6) is 17.2 Å². The van der Waals surface area contributed by atoms with Crippen molar-refractivity contribution in [3.05, 3.63) is 47.8 Å². The molecule has 148 valence electrons. The van der Waals surface area contributed by atoms with E-state index in [-0.39, 0.29) is 12.7 Å². The normalized spacial score (nSPS) is 18.7. The highest BCUT2D eigenvalue weighted by atomic mass is 16.7. The SMILES string of the molecule is COc1cc(CN2CCC[C@H](CNC(=O)c3cccnc3)C2)cc2c1OCO2. The van der Waals surface area contributed by atoms with E-state index < -0.39 is 0 Å². The summed E-state index contributed by atoms with van der Waals surface area (Å²) < 4.78 is 16.4. The summed E-state index contributed by atoms with van der Waals surface area (Å²) in [5.74, 6) is 2.51. The fourth-order valence-corrected chi connectivity index (χ4v) is 3.83. The van der Waals surface area contributed by atoms with Crippen LogP contribution in [0.4, 0.5) is 0 Å². The van der Waals surface area contributed by atoms with Gasteiger partial charge in [0.05, 0.1) is 12.7 Å². The van der Waals surface area contributed by atoms with Gasteiger partial charge in [-0.05, 0) is 55.1 Å². The molecule has 1 N–H and O–H groups in total. The fourth-order valence-electron chi connectivity index (χ4n) is 3.83. The van der Waals surface area contributed by atoms with Crippen molar-refractivity contribution in [2.75, 3.05) is 33.5 Å². The van der Waals surface area contributed by atoms with Crippen LogP contribution in [-0.2, 0) is 6.54 Å². The number of likely N-dealkylation sites (tertiary alicyclic amines) is 1. The van der Waals surface area contributed by atoms with Crippen LogP contribution in [0, 0.1) is 5.92 Å². The van der Waals surface area contributed by atoms with Gasteiger partial charge in [0.25, 0.3) is 5.91 Å². The van der Waals surface area contributed by atoms with Crippen molar-refractivity contribution < 1.29 is 19.0 Å². The topological polar surface area (TPSA) is 72.9 Å². The van der Waals surface area contributed by atoms with Gasteiger partial charge in [-0.1, -0.05) is 0 Å². The van der Waals surface area contributed by atoms with Crippen LogP contribution >= 0.6 is 0 Å². The van der Waals surface area contributed by atoms with Gasteiger partial charge in [-0.3, -0.25) is 14.7 Å². The smallest absolute Gasteiger partial charge is 0.252 e. The van der Waals surface area contributed by atoms with Gasteiger partial charge in [-0.25, -0.2) is 0 Å². The van der Waals surface area contributed by atoms with Crippen molar-refractivity contribution >= 4 is 5.91 Å². The minimum absolute atomic E-state index is 0.0641. The van der Waals surface area contributed by atoms with E-state index in [9.17, 15) is 4.79 Å². The third kappa shape index (κ3) is 4.20. The van der Waals surface area contributed by atoms with E-state index in [1.807, 2.05) is 12.1 Å². The van der Waals surface area contributed by atoms with Gasteiger partial charge in [0, 0.05) is 32.0 Å². The Hall–Kier alpha value is -2.80. The number of piperidine rings is 1. The molecule has 0 bridgehead atoms. The van der Waals surface area contributed by atoms with Gasteiger partial charge in [0.2, 0.25) is 12.5 Å². The van der Waals surface area contributed by atoms with Crippen molar-refractivity contribution in [1.82, 2.24) is 15.2 Å². The lowest BCUT2D eigenvalue weighted by Gasteiger charge is -2.33. The zero-order chi connectivity index (χ0) is 19.3. The molecule has 1 fully saturated rings. The maximum Gasteiger partial charge on any atom is 0.252 e. The van der Waals surface area contributed by atoms with Gasteiger partial charge in [-0.2, -0.15) is 0 Å². The Morgan fingerprint density at radius 2 is 2.32 bits per heavy atom. The lowest BCUT2D eigenvalue weighted by molar-refractivity contribution is 0.0930. The molecule has 0 aliphatic carbocycles. The number of fused-ring (bicyclic) bond motifs is 1. The quantitative estimate of drug-likeness (QED) is 0.826. The monoisotopic (exact) mass is 383 g/mol. The summed E-state index contributed by atoms with van der Waals surface area (Å²) in [4.78, 5) is 18.7. The van der Waals surface area contributed by atoms with Gasteiger partial charge in [0.15, 0.2) is 11.5 Å². The van der Waals surface area contributed by atoms with E-state index in [2.05, 4.69) is 15.2 Å². The number of hydrogen-bond acceptors (Lipinski definition) is 6. The summed E-state index contributed by atoms with van der Waals surface area (Å²) in [6, 6.07) is 7.60. The average Bonchev–Trinajstić information content (AvgIpc) is 3.21. The van der Waals surface area contributed by atoms with Crippen molar-refractivity contribution in [3.63, 3.8) is 0 Å². The molecule has 2 aromatic rings. The summed E-state index contributed by atoms with van der Waals surface area (Å²) in [6.07, 6.45) is 5.50. The van der Waals surface area contributed by atoms with Gasteiger partial charge in [0.1, 0.15) is 0 Å². The van der Waals surface area contributed by atoms with Crippen LogP contribution in [0.25, 0.3) is 0 Å². The molecule has 3 heterocycles. The second-order valence-electron chi connectivity index (χ2n) is 7.23. The zero-order valence-corrected chi connectivity index (χ0v) is 16.0. The maximum atomic E-state index is 12.2. The summed E-state index contributed by atoms with van der Waals surface area (Å²) in [5, 5.41) is 3.04. The number of benzene rings is 1. The molecule has 7 heteroatoms. The van der Waals surface area contributed by atoms with Crippen molar-refractivity contribution in [3.8, 4) is 17.2 Å². The number of ether oxygens (including phenoxy) is 3. The minimum Gasteiger partial charge on any atom is -0.493 e. The largest absolute Gasteiger partial charge is 0.493 e. The predicted octanol–water partition coefficient (Wildman–Crippen LogP) is 2.46. The summed E-state index contributed by atoms with van der Waals surface area (Å²) in [5.41, 5.74) is 1.74. The zero-order valence-electron chi connectivity index (χ0n) is 16.0. The van der Waals surface area contributed by atoms with Crippen LogP contribution in [-0.4, -0.2) is 49.3 Å². The van der Waals surface area contributed by atoms with Crippen LogP contribution in [0.1, 0.15) is 28.8 Å². The van der Waals surface area contributed by atoms with Gasteiger partial charge < -0.3 is 19.5 Å². The molecule has 0 saturated carbocycles. The maximum absolute atomic E-state index is 12.2. The van der Waals surface area contributed by atoms with E-state index in [0.717, 1.165) is 43.8 Å². The first-order chi connectivity index (χ1) is 13.7. The Labute approximate surface area is 164 Å². The average molecular weight is 383 g/mol. The molecule has 0 spiro atoms. The first kappa shape index (κ1) is 18.6. The Kier molecular flexibility index (Phi) is 5.62. The predicted molar refractivity (Wildman–Crippen MR) is 104 cm³/mol. The number of carbonyl (C=O) groups is 1. The molecule has 28 heavy (non-hydrogen) atoms. The lowest BCUT2D eigenvalue weighted by Crippen LogP contribution is -2.40. The number of amides is 1. The first-order valence-corrected chi connectivity index (χ1v) is 9.60. The van der Waals surface area contributed by atoms with Gasteiger partial charge in [-0.15, -0.1) is 0 Å². The second-order valence-corrected chi connectivity index (χ2v) is 7.23. The Balaban J connectivity index is 1.34. The summed E-state index contributed by atoms with van der Waals surface area (Å²) in [6.45, 7) is 3.72. The van der Waals surface area contributed by atoms with Gasteiger partial charge >= 0.3 is 0 Å². The van der Waals surface area contributed by atoms with Crippen LogP contribution in [0.15, 0.2) is 36.7 Å². The van der Waals surface area contributed by atoms with Crippen LogP contribution in [0.3, 0.4) is 0 Å². The highest BCUT2D eigenvalue weighted by Gasteiger charge is 2.24. The van der Waals surface area contributed by atoms with Crippen molar-refractivity contribution in [1.29, 1.82) is 0 Å². The van der Waals surface area contributed by atoms with Crippen molar-refractivity contribution in [2.45, 2.75) is 19.4 Å². The van der Waals surface area contributed by atoms with E-state index in [4.69, 9.17) is 14.2 Å². The molecule has 0 radical (unpaired) electrons. The lowest BCUT2D eigenvalue weighted by atomic mass is 9.97. The first-order valence-electron chi connectivity index (χ1n) is 9.60. The fraction of sp³-hybridized carbons (Fsp3) is 0.429. The number of methoxy groups -OCH3 is 1. The minimum atomic E-state index is -0.0641. The molecule has 1 aromatic heterocycles. The van der Waals surface area contributed by atoms with E-state index in [0.29, 0.717) is 29.5 Å². The number of hydrogen-bond donors (Lipinski definition) is 1. The highest BCUT2D eigenvalue weighted by molar-refractivity contribution is 5.93. The van der Waals surface area contributed by atoms with E-state index in [1.54, 1.807) is 31.6 Å². The number of nitrogens with zero attached hydrogens (tertiary/aromatic N) is 2. The van der Waals surface area contributed by atoms with Crippen LogP contribution < -0.4 is 19.5 Å². The molecule has 1 aromatic carbocycles. The Morgan fingerprint density at radius 3 is 3.14 bits per heavy atom.